The molecular formula is C17H22N8. The number of aromatic nitrogens is 7. The molecule has 3 aromatic heterocycles. The highest BCUT2D eigenvalue weighted by Crippen LogP contribution is 2.40. The third-order valence-corrected chi connectivity index (χ3v) is 5.36. The Kier molecular flexibility index (Phi) is 3.43. The molecule has 2 saturated carbocycles. The lowest BCUT2D eigenvalue weighted by Gasteiger charge is -2.19. The van der Waals surface area contributed by atoms with Crippen molar-refractivity contribution in [3.63, 3.8) is 0 Å². The highest BCUT2D eigenvalue weighted by Gasteiger charge is 2.28. The van der Waals surface area contributed by atoms with Gasteiger partial charge < -0.3 is 9.88 Å². The zero-order valence-corrected chi connectivity index (χ0v) is 14.3. The van der Waals surface area contributed by atoms with E-state index in [1.165, 1.54) is 38.5 Å². The number of nitrogens with one attached hydrogen (secondary N) is 1. The summed E-state index contributed by atoms with van der Waals surface area (Å²) in [5.41, 5.74) is 2.82. The van der Waals surface area contributed by atoms with E-state index in [-0.39, 0.29) is 6.04 Å². The molecule has 1 atom stereocenters. The molecule has 2 fully saturated rings. The number of anilines is 1. The second kappa shape index (κ2) is 5.79. The minimum absolute atomic E-state index is 0.0399. The molecule has 25 heavy (non-hydrogen) atoms. The predicted octanol–water partition coefficient (Wildman–Crippen LogP) is 2.88. The van der Waals surface area contributed by atoms with Crippen molar-refractivity contribution in [3.05, 3.63) is 30.2 Å². The van der Waals surface area contributed by atoms with Crippen LogP contribution >= 0.6 is 0 Å². The lowest BCUT2D eigenvalue weighted by atomic mass is 10.2. The molecule has 3 aromatic rings. The minimum Gasteiger partial charge on any atom is -0.372 e. The molecule has 3 heterocycles. The van der Waals surface area contributed by atoms with Gasteiger partial charge in [-0.1, -0.05) is 12.8 Å². The third kappa shape index (κ3) is 2.65. The second-order valence-corrected chi connectivity index (χ2v) is 7.26. The number of rotatable bonds is 5. The van der Waals surface area contributed by atoms with Crippen molar-refractivity contribution in [2.24, 2.45) is 0 Å². The van der Waals surface area contributed by atoms with Crippen molar-refractivity contribution in [1.29, 1.82) is 0 Å². The van der Waals surface area contributed by atoms with E-state index in [0.29, 0.717) is 12.0 Å². The maximum Gasteiger partial charge on any atom is 0.200 e. The Morgan fingerprint density at radius 2 is 1.88 bits per heavy atom. The van der Waals surface area contributed by atoms with Gasteiger partial charge in [0.1, 0.15) is 12.7 Å². The molecule has 0 amide bonds. The van der Waals surface area contributed by atoms with E-state index < -0.39 is 0 Å². The zero-order chi connectivity index (χ0) is 16.8. The largest absolute Gasteiger partial charge is 0.372 e. The highest BCUT2D eigenvalue weighted by molar-refractivity contribution is 5.67. The number of hydrogen-bond donors (Lipinski definition) is 1. The van der Waals surface area contributed by atoms with Gasteiger partial charge in [0.25, 0.3) is 0 Å². The SMILES string of the molecule is CC(Nc1cc(C2CC2)nn2cnnc12)c1nncn1C1CCCC1. The molecule has 1 N–H and O–H groups in total. The quantitative estimate of drug-likeness (QED) is 0.770. The Hall–Kier alpha value is -2.51. The molecule has 0 spiro atoms. The summed E-state index contributed by atoms with van der Waals surface area (Å²) < 4.78 is 4.01. The number of nitrogens with zero attached hydrogens (tertiary/aromatic N) is 7. The average Bonchev–Trinajstić information content (AvgIpc) is 3.06. The Bertz CT molecular complexity index is 887. The van der Waals surface area contributed by atoms with Crippen LogP contribution in [0.1, 0.15) is 75.0 Å². The van der Waals surface area contributed by atoms with Gasteiger partial charge in [0.15, 0.2) is 5.82 Å². The van der Waals surface area contributed by atoms with Crippen LogP contribution in [0.15, 0.2) is 18.7 Å². The molecule has 1 unspecified atom stereocenters. The van der Waals surface area contributed by atoms with Gasteiger partial charge in [-0.05, 0) is 38.7 Å². The first-order valence-electron chi connectivity index (χ1n) is 9.16. The summed E-state index contributed by atoms with van der Waals surface area (Å²) >= 11 is 0. The van der Waals surface area contributed by atoms with Gasteiger partial charge in [0, 0.05) is 12.0 Å². The molecule has 8 heteroatoms. The molecule has 0 saturated heterocycles. The minimum atomic E-state index is 0.0399. The summed E-state index contributed by atoms with van der Waals surface area (Å²) in [6.07, 6.45) is 11.0. The molecule has 130 valence electrons. The van der Waals surface area contributed by atoms with Crippen molar-refractivity contribution in [1.82, 2.24) is 34.6 Å². The Balaban J connectivity index is 1.46. The summed E-state index contributed by atoms with van der Waals surface area (Å²) in [6, 6.07) is 2.69. The second-order valence-electron chi connectivity index (χ2n) is 7.26. The molecule has 0 radical (unpaired) electrons. The lowest BCUT2D eigenvalue weighted by Crippen LogP contribution is -2.17. The first kappa shape index (κ1) is 14.8. The summed E-state index contributed by atoms with van der Waals surface area (Å²) in [4.78, 5) is 0. The summed E-state index contributed by atoms with van der Waals surface area (Å²) in [7, 11) is 0. The summed E-state index contributed by atoms with van der Waals surface area (Å²) in [5, 5.41) is 25.0. The van der Waals surface area contributed by atoms with Gasteiger partial charge in [0.05, 0.1) is 17.4 Å². The maximum absolute atomic E-state index is 4.63. The Morgan fingerprint density at radius 3 is 2.68 bits per heavy atom. The monoisotopic (exact) mass is 338 g/mol. The molecule has 0 aliphatic heterocycles. The van der Waals surface area contributed by atoms with Gasteiger partial charge in [0.2, 0.25) is 5.65 Å². The van der Waals surface area contributed by atoms with E-state index in [4.69, 9.17) is 0 Å². The molecule has 0 bridgehead atoms. The molecule has 2 aliphatic carbocycles. The molecular weight excluding hydrogens is 316 g/mol. The standard InChI is InChI=1S/C17H22N8/c1-11(16-21-18-9-24(16)13-4-2-3-5-13)20-15-8-14(12-6-7-12)23-25-10-19-22-17(15)25/h8-13,20H,2-7H2,1H3. The van der Waals surface area contributed by atoms with Crippen molar-refractivity contribution in [2.75, 3.05) is 5.32 Å². The van der Waals surface area contributed by atoms with E-state index in [1.54, 1.807) is 10.8 Å². The van der Waals surface area contributed by atoms with Crippen molar-refractivity contribution in [3.8, 4) is 0 Å². The van der Waals surface area contributed by atoms with Crippen molar-refractivity contribution in [2.45, 2.75) is 63.5 Å². The van der Waals surface area contributed by atoms with E-state index in [2.05, 4.69) is 48.4 Å². The molecule has 0 aromatic carbocycles. The average molecular weight is 338 g/mol. The Labute approximate surface area is 145 Å². The number of fused-ring (bicyclic) bond motifs is 1. The fraction of sp³-hybridized carbons (Fsp3) is 0.588. The van der Waals surface area contributed by atoms with Crippen LogP contribution in [-0.4, -0.2) is 34.6 Å². The van der Waals surface area contributed by atoms with Gasteiger partial charge in [-0.3, -0.25) is 0 Å². The molecule has 8 nitrogen and oxygen atoms in total. The third-order valence-electron chi connectivity index (χ3n) is 5.36. The lowest BCUT2D eigenvalue weighted by molar-refractivity contribution is 0.488. The van der Waals surface area contributed by atoms with Gasteiger partial charge in [-0.2, -0.15) is 9.61 Å². The van der Waals surface area contributed by atoms with E-state index in [0.717, 1.165) is 22.9 Å². The van der Waals surface area contributed by atoms with Gasteiger partial charge in [-0.25, -0.2) is 0 Å². The first-order chi connectivity index (χ1) is 12.3. The normalized spacial score (nSPS) is 19.6. The van der Waals surface area contributed by atoms with Crippen LogP contribution in [0.2, 0.25) is 0 Å². The summed E-state index contributed by atoms with van der Waals surface area (Å²) in [5.74, 6) is 1.55. The Morgan fingerprint density at radius 1 is 1.08 bits per heavy atom. The van der Waals surface area contributed by atoms with Crippen LogP contribution in [0.4, 0.5) is 5.69 Å². The summed E-state index contributed by atoms with van der Waals surface area (Å²) in [6.45, 7) is 2.12. The zero-order valence-electron chi connectivity index (χ0n) is 14.3. The molecule has 5 rings (SSSR count). The molecule has 2 aliphatic rings. The topological polar surface area (TPSA) is 85.8 Å². The highest BCUT2D eigenvalue weighted by atomic mass is 15.4. The first-order valence-corrected chi connectivity index (χ1v) is 9.16. The van der Waals surface area contributed by atoms with Gasteiger partial charge >= 0.3 is 0 Å². The fourth-order valence-corrected chi connectivity index (χ4v) is 3.85. The van der Waals surface area contributed by atoms with E-state index in [1.807, 2.05) is 6.33 Å². The van der Waals surface area contributed by atoms with Crippen LogP contribution in [0.25, 0.3) is 5.65 Å². The van der Waals surface area contributed by atoms with Crippen molar-refractivity contribution < 1.29 is 0 Å². The number of hydrogen-bond acceptors (Lipinski definition) is 6. The maximum atomic E-state index is 4.63. The van der Waals surface area contributed by atoms with Crippen LogP contribution in [-0.2, 0) is 0 Å². The van der Waals surface area contributed by atoms with Crippen LogP contribution < -0.4 is 5.32 Å². The van der Waals surface area contributed by atoms with E-state index in [9.17, 15) is 0 Å². The van der Waals surface area contributed by atoms with Crippen LogP contribution in [0.3, 0.4) is 0 Å². The van der Waals surface area contributed by atoms with E-state index >= 15 is 0 Å². The smallest absolute Gasteiger partial charge is 0.200 e. The predicted molar refractivity (Wildman–Crippen MR) is 92.3 cm³/mol. The van der Waals surface area contributed by atoms with Gasteiger partial charge in [-0.15, -0.1) is 20.4 Å². The van der Waals surface area contributed by atoms with Crippen LogP contribution in [0.5, 0.6) is 0 Å². The van der Waals surface area contributed by atoms with Crippen LogP contribution in [0, 0.1) is 0 Å². The fourth-order valence-electron chi connectivity index (χ4n) is 3.85. The van der Waals surface area contributed by atoms with Crippen molar-refractivity contribution >= 4 is 11.3 Å².